The van der Waals surface area contributed by atoms with Gasteiger partial charge in [-0.15, -0.1) is 0 Å². The van der Waals surface area contributed by atoms with Crippen LogP contribution in [0.3, 0.4) is 0 Å². The maximum atomic E-state index is 6.16. The molecule has 0 radical (unpaired) electrons. The summed E-state index contributed by atoms with van der Waals surface area (Å²) in [6, 6.07) is 6.46. The normalized spacial score (nSPS) is 32.7. The van der Waals surface area contributed by atoms with Crippen molar-refractivity contribution in [3.63, 3.8) is 0 Å². The summed E-state index contributed by atoms with van der Waals surface area (Å²) in [6.07, 6.45) is 2.35. The predicted molar refractivity (Wildman–Crippen MR) is 86.5 cm³/mol. The molecule has 3 nitrogen and oxygen atoms in total. The molecule has 1 aromatic carbocycles. The van der Waals surface area contributed by atoms with E-state index in [4.69, 9.17) is 33.7 Å². The standard InChI is InChI=1S/C16H23Cl2N2O/c17-14-5-13(6-15(18)7-14)10-20(16-2-4-21-11-16)3-1-12(8-19)9-20/h5-7,12,16H,1-4,8-11,19H2/q+1/t12-,16-,20?/m1/s1. The number of likely N-dealkylation sites (tertiary alicyclic amines) is 1. The van der Waals surface area contributed by atoms with E-state index in [0.717, 1.165) is 43.8 Å². The van der Waals surface area contributed by atoms with Gasteiger partial charge >= 0.3 is 0 Å². The number of hydrogen-bond acceptors (Lipinski definition) is 2. The van der Waals surface area contributed by atoms with E-state index in [1.807, 2.05) is 12.1 Å². The van der Waals surface area contributed by atoms with Gasteiger partial charge in [0.1, 0.15) is 12.6 Å². The molecule has 5 heteroatoms. The minimum Gasteiger partial charge on any atom is -0.375 e. The van der Waals surface area contributed by atoms with E-state index < -0.39 is 0 Å². The molecule has 2 N–H and O–H groups in total. The molecule has 0 aromatic heterocycles. The molecule has 21 heavy (non-hydrogen) atoms. The summed E-state index contributed by atoms with van der Waals surface area (Å²) in [4.78, 5) is 0. The van der Waals surface area contributed by atoms with Crippen LogP contribution in [0.15, 0.2) is 18.2 Å². The molecule has 0 saturated carbocycles. The van der Waals surface area contributed by atoms with Gasteiger partial charge in [0.2, 0.25) is 0 Å². The first-order valence-electron chi connectivity index (χ1n) is 7.70. The third-order valence-electron chi connectivity index (χ3n) is 5.04. The number of benzene rings is 1. The van der Waals surface area contributed by atoms with Crippen LogP contribution < -0.4 is 5.73 Å². The first-order chi connectivity index (χ1) is 10.1. The van der Waals surface area contributed by atoms with Crippen molar-refractivity contribution in [1.82, 2.24) is 0 Å². The zero-order valence-electron chi connectivity index (χ0n) is 12.2. The average Bonchev–Trinajstić information content (AvgIpc) is 3.06. The fourth-order valence-electron chi connectivity index (χ4n) is 3.95. The molecule has 116 valence electrons. The van der Waals surface area contributed by atoms with Gasteiger partial charge in [0, 0.05) is 40.9 Å². The van der Waals surface area contributed by atoms with Crippen LogP contribution in [0.1, 0.15) is 18.4 Å². The third kappa shape index (κ3) is 3.38. The lowest BCUT2D eigenvalue weighted by Crippen LogP contribution is -2.53. The number of nitrogens with zero attached hydrogens (tertiary/aromatic N) is 1. The van der Waals surface area contributed by atoms with Crippen LogP contribution in [0.25, 0.3) is 0 Å². The highest BCUT2D eigenvalue weighted by Crippen LogP contribution is 2.34. The lowest BCUT2D eigenvalue weighted by atomic mass is 10.1. The van der Waals surface area contributed by atoms with Crippen molar-refractivity contribution in [2.24, 2.45) is 11.7 Å². The van der Waals surface area contributed by atoms with Crippen molar-refractivity contribution in [2.45, 2.75) is 25.4 Å². The maximum Gasteiger partial charge on any atom is 0.115 e. The maximum absolute atomic E-state index is 6.16. The van der Waals surface area contributed by atoms with Crippen LogP contribution in [0.5, 0.6) is 0 Å². The summed E-state index contributed by atoms with van der Waals surface area (Å²) < 4.78 is 6.73. The number of rotatable bonds is 4. The number of quaternary nitrogens is 1. The number of nitrogens with two attached hydrogens (primary N) is 1. The summed E-state index contributed by atoms with van der Waals surface area (Å²) in [5, 5.41) is 1.43. The third-order valence-corrected chi connectivity index (χ3v) is 5.47. The Labute approximate surface area is 136 Å². The van der Waals surface area contributed by atoms with Gasteiger partial charge in [-0.3, -0.25) is 0 Å². The topological polar surface area (TPSA) is 35.2 Å². The van der Waals surface area contributed by atoms with Crippen molar-refractivity contribution in [2.75, 3.05) is 32.8 Å². The van der Waals surface area contributed by atoms with Crippen molar-refractivity contribution >= 4 is 23.2 Å². The van der Waals surface area contributed by atoms with Gasteiger partial charge in [0.25, 0.3) is 0 Å². The van der Waals surface area contributed by atoms with Crippen molar-refractivity contribution in [3.05, 3.63) is 33.8 Å². The first-order valence-corrected chi connectivity index (χ1v) is 8.45. The minimum absolute atomic E-state index is 0.583. The summed E-state index contributed by atoms with van der Waals surface area (Å²) >= 11 is 12.3. The lowest BCUT2D eigenvalue weighted by Gasteiger charge is -2.40. The highest BCUT2D eigenvalue weighted by atomic mass is 35.5. The Morgan fingerprint density at radius 3 is 2.52 bits per heavy atom. The quantitative estimate of drug-likeness (QED) is 0.861. The number of hydrogen-bond donors (Lipinski definition) is 1. The number of ether oxygens (including phenoxy) is 1. The van der Waals surface area contributed by atoms with Gasteiger partial charge in [-0.25, -0.2) is 0 Å². The molecular weight excluding hydrogens is 307 g/mol. The Hall–Kier alpha value is -0.320. The van der Waals surface area contributed by atoms with Crippen LogP contribution in [0, 0.1) is 5.92 Å². The molecule has 2 heterocycles. The smallest absolute Gasteiger partial charge is 0.115 e. The molecule has 3 rings (SSSR count). The highest BCUT2D eigenvalue weighted by molar-refractivity contribution is 6.34. The molecule has 2 aliphatic rings. The van der Waals surface area contributed by atoms with Crippen LogP contribution in [0.2, 0.25) is 10.0 Å². The molecule has 2 fully saturated rings. The molecule has 0 amide bonds. The second-order valence-electron chi connectivity index (χ2n) is 6.47. The Morgan fingerprint density at radius 2 is 1.95 bits per heavy atom. The van der Waals surface area contributed by atoms with E-state index in [1.165, 1.54) is 18.5 Å². The summed E-state index contributed by atoms with van der Waals surface area (Å²) in [5.41, 5.74) is 7.13. The first kappa shape index (κ1) is 15.6. The molecule has 1 aromatic rings. The van der Waals surface area contributed by atoms with Crippen LogP contribution in [-0.4, -0.2) is 43.4 Å². The summed E-state index contributed by atoms with van der Waals surface area (Å²) in [6.45, 7) is 5.84. The SMILES string of the molecule is NC[C@H]1CC[N+](Cc2cc(Cl)cc(Cl)c2)([C@@H]2CCOC2)C1. The second kappa shape index (κ2) is 6.43. The van der Waals surface area contributed by atoms with E-state index >= 15 is 0 Å². The fraction of sp³-hybridized carbons (Fsp3) is 0.625. The van der Waals surface area contributed by atoms with Crippen LogP contribution in [0.4, 0.5) is 0 Å². The van der Waals surface area contributed by atoms with Gasteiger partial charge < -0.3 is 15.0 Å². The van der Waals surface area contributed by atoms with E-state index in [0.29, 0.717) is 22.0 Å². The van der Waals surface area contributed by atoms with Gasteiger partial charge in [-0.1, -0.05) is 23.2 Å². The van der Waals surface area contributed by atoms with Crippen molar-refractivity contribution in [1.29, 1.82) is 0 Å². The Morgan fingerprint density at radius 1 is 1.19 bits per heavy atom. The zero-order chi connectivity index (χ0) is 14.9. The van der Waals surface area contributed by atoms with Crippen molar-refractivity contribution in [3.8, 4) is 0 Å². The molecule has 0 spiro atoms. The van der Waals surface area contributed by atoms with E-state index in [2.05, 4.69) is 0 Å². The Balaban J connectivity index is 1.85. The minimum atomic E-state index is 0.583. The van der Waals surface area contributed by atoms with E-state index in [-0.39, 0.29) is 0 Å². The van der Waals surface area contributed by atoms with Crippen LogP contribution >= 0.6 is 23.2 Å². The van der Waals surface area contributed by atoms with Crippen molar-refractivity contribution < 1.29 is 9.22 Å². The average molecular weight is 330 g/mol. The largest absolute Gasteiger partial charge is 0.375 e. The highest BCUT2D eigenvalue weighted by Gasteiger charge is 2.45. The van der Waals surface area contributed by atoms with Gasteiger partial charge in [0.05, 0.1) is 26.3 Å². The Kier molecular flexibility index (Phi) is 4.77. The molecule has 2 saturated heterocycles. The van der Waals surface area contributed by atoms with Gasteiger partial charge in [-0.2, -0.15) is 0 Å². The van der Waals surface area contributed by atoms with Gasteiger partial charge in [0.15, 0.2) is 0 Å². The molecular formula is C16H23Cl2N2O+. The molecule has 0 bridgehead atoms. The van der Waals surface area contributed by atoms with Crippen LogP contribution in [-0.2, 0) is 11.3 Å². The van der Waals surface area contributed by atoms with E-state index in [1.54, 1.807) is 6.07 Å². The van der Waals surface area contributed by atoms with E-state index in [9.17, 15) is 0 Å². The zero-order valence-corrected chi connectivity index (χ0v) is 13.7. The molecule has 0 aliphatic carbocycles. The number of halogens is 2. The predicted octanol–water partition coefficient (Wildman–Crippen LogP) is 3.08. The monoisotopic (exact) mass is 329 g/mol. The lowest BCUT2D eigenvalue weighted by molar-refractivity contribution is -0.952. The fourth-order valence-corrected chi connectivity index (χ4v) is 4.52. The second-order valence-corrected chi connectivity index (χ2v) is 7.34. The van der Waals surface area contributed by atoms with Gasteiger partial charge in [-0.05, 0) is 18.2 Å². The summed E-state index contributed by atoms with van der Waals surface area (Å²) in [5.74, 6) is 0.625. The Bertz CT molecular complexity index is 485. The molecule has 1 unspecified atom stereocenters. The summed E-state index contributed by atoms with van der Waals surface area (Å²) in [7, 11) is 0. The molecule has 3 atom stereocenters. The molecule has 2 aliphatic heterocycles.